The zero-order valence-electron chi connectivity index (χ0n) is 13.6. The first-order valence-corrected chi connectivity index (χ1v) is 7.58. The Morgan fingerprint density at radius 3 is 2.32 bits per heavy atom. The summed E-state index contributed by atoms with van der Waals surface area (Å²) in [4.78, 5) is 37.1. The van der Waals surface area contributed by atoms with Crippen LogP contribution < -0.4 is 5.32 Å². The summed E-state index contributed by atoms with van der Waals surface area (Å²) in [5.41, 5.74) is 0.199. The lowest BCUT2D eigenvalue weighted by molar-refractivity contribution is -0.384. The number of nitro groups is 1. The summed E-state index contributed by atoms with van der Waals surface area (Å²) < 4.78 is 0. The highest BCUT2D eigenvalue weighted by Crippen LogP contribution is 2.16. The predicted molar refractivity (Wildman–Crippen MR) is 89.2 cm³/mol. The van der Waals surface area contributed by atoms with Gasteiger partial charge in [-0.2, -0.15) is 5.26 Å². The van der Waals surface area contributed by atoms with Crippen LogP contribution in [0.2, 0.25) is 0 Å². The van der Waals surface area contributed by atoms with E-state index in [-0.39, 0.29) is 17.2 Å². The molecule has 1 fully saturated rings. The quantitative estimate of drug-likeness (QED) is 0.378. The maximum atomic E-state index is 12.2. The van der Waals surface area contributed by atoms with Gasteiger partial charge < -0.3 is 15.1 Å². The van der Waals surface area contributed by atoms with Crippen LogP contribution >= 0.6 is 0 Å². The zero-order valence-corrected chi connectivity index (χ0v) is 13.6. The number of anilines is 1. The van der Waals surface area contributed by atoms with Crippen molar-refractivity contribution in [1.82, 2.24) is 9.80 Å². The first-order valence-electron chi connectivity index (χ1n) is 7.58. The van der Waals surface area contributed by atoms with Gasteiger partial charge in [0, 0.05) is 57.1 Å². The number of carbonyl (C=O) groups excluding carboxylic acids is 2. The first kappa shape index (κ1) is 17.9. The lowest BCUT2D eigenvalue weighted by atomic mass is 10.2. The summed E-state index contributed by atoms with van der Waals surface area (Å²) >= 11 is 0. The van der Waals surface area contributed by atoms with E-state index >= 15 is 0 Å². The van der Waals surface area contributed by atoms with Crippen LogP contribution in [0.4, 0.5) is 11.4 Å². The van der Waals surface area contributed by atoms with Crippen LogP contribution in [0.25, 0.3) is 0 Å². The molecule has 0 unspecified atom stereocenters. The minimum atomic E-state index is -0.592. The molecule has 9 nitrogen and oxygen atoms in total. The molecule has 1 heterocycles. The number of amides is 2. The smallest absolute Gasteiger partial charge is 0.269 e. The number of nitrogens with zero attached hydrogens (tertiary/aromatic N) is 4. The van der Waals surface area contributed by atoms with Crippen molar-refractivity contribution in [1.29, 1.82) is 5.26 Å². The van der Waals surface area contributed by atoms with Crippen LogP contribution in [0.15, 0.2) is 36.0 Å². The van der Waals surface area contributed by atoms with Crippen molar-refractivity contribution in [2.75, 3.05) is 31.5 Å². The number of non-ortho nitro benzene ring substituents is 1. The highest BCUT2D eigenvalue weighted by molar-refractivity contribution is 6.06. The molecule has 0 radical (unpaired) electrons. The number of benzene rings is 1. The highest BCUT2D eigenvalue weighted by atomic mass is 16.6. The third-order valence-electron chi connectivity index (χ3n) is 3.77. The zero-order chi connectivity index (χ0) is 18.4. The molecule has 1 saturated heterocycles. The Balaban J connectivity index is 2.00. The molecule has 1 N–H and O–H groups in total. The molecule has 25 heavy (non-hydrogen) atoms. The summed E-state index contributed by atoms with van der Waals surface area (Å²) in [5, 5.41) is 22.3. The summed E-state index contributed by atoms with van der Waals surface area (Å²) in [7, 11) is 0. The van der Waals surface area contributed by atoms with E-state index in [0.717, 1.165) is 0 Å². The van der Waals surface area contributed by atoms with Gasteiger partial charge in [-0.15, -0.1) is 0 Å². The van der Waals surface area contributed by atoms with Gasteiger partial charge in [-0.05, 0) is 12.1 Å². The molecule has 130 valence electrons. The van der Waals surface area contributed by atoms with Gasteiger partial charge in [-0.1, -0.05) is 0 Å². The molecule has 0 aliphatic carbocycles. The number of piperazine rings is 1. The molecule has 1 aromatic carbocycles. The van der Waals surface area contributed by atoms with Crippen LogP contribution in [-0.4, -0.2) is 52.7 Å². The van der Waals surface area contributed by atoms with E-state index < -0.39 is 10.8 Å². The van der Waals surface area contributed by atoms with Gasteiger partial charge in [0.1, 0.15) is 11.6 Å². The van der Waals surface area contributed by atoms with E-state index in [9.17, 15) is 25.0 Å². The standard InChI is InChI=1S/C16H17N5O4/c1-12(22)20-8-6-19(7-9-20)11-13(10-17)16(23)18-14-2-4-15(5-3-14)21(24)25/h2-5,11H,6-9H2,1H3,(H,18,23)/b13-11-. The lowest BCUT2D eigenvalue weighted by Crippen LogP contribution is -2.46. The molecular weight excluding hydrogens is 326 g/mol. The molecule has 0 spiro atoms. The van der Waals surface area contributed by atoms with Crippen molar-refractivity contribution >= 4 is 23.2 Å². The second-order valence-electron chi connectivity index (χ2n) is 5.45. The van der Waals surface area contributed by atoms with Crippen LogP contribution in [-0.2, 0) is 9.59 Å². The monoisotopic (exact) mass is 343 g/mol. The molecule has 2 amide bonds. The Labute approximate surface area is 144 Å². The minimum absolute atomic E-state index is 0.0000466. The second-order valence-corrected chi connectivity index (χ2v) is 5.45. The van der Waals surface area contributed by atoms with Gasteiger partial charge in [0.2, 0.25) is 5.91 Å². The number of nitriles is 1. The molecule has 0 atom stereocenters. The van der Waals surface area contributed by atoms with Gasteiger partial charge in [-0.3, -0.25) is 19.7 Å². The number of nitrogens with one attached hydrogen (secondary N) is 1. The van der Waals surface area contributed by atoms with E-state index in [1.165, 1.54) is 37.4 Å². The fourth-order valence-electron chi connectivity index (χ4n) is 2.35. The van der Waals surface area contributed by atoms with E-state index in [2.05, 4.69) is 5.32 Å². The molecule has 1 aliphatic heterocycles. The number of nitro benzene ring substituents is 1. The Kier molecular flexibility index (Phi) is 5.68. The molecule has 0 bridgehead atoms. The summed E-state index contributed by atoms with van der Waals surface area (Å²) in [6.45, 7) is 3.65. The van der Waals surface area contributed by atoms with Crippen molar-refractivity contribution in [3.05, 3.63) is 46.2 Å². The number of hydrogen-bond donors (Lipinski definition) is 1. The highest BCUT2D eigenvalue weighted by Gasteiger charge is 2.18. The average Bonchev–Trinajstić information content (AvgIpc) is 2.60. The van der Waals surface area contributed by atoms with Gasteiger partial charge in [0.25, 0.3) is 11.6 Å². The maximum Gasteiger partial charge on any atom is 0.269 e. The van der Waals surface area contributed by atoms with Crippen molar-refractivity contribution in [3.63, 3.8) is 0 Å². The second kappa shape index (κ2) is 7.92. The largest absolute Gasteiger partial charge is 0.373 e. The molecule has 2 rings (SSSR count). The van der Waals surface area contributed by atoms with Gasteiger partial charge in [0.15, 0.2) is 0 Å². The van der Waals surface area contributed by atoms with E-state index in [1.54, 1.807) is 4.90 Å². The first-order chi connectivity index (χ1) is 11.9. The minimum Gasteiger partial charge on any atom is -0.373 e. The van der Waals surface area contributed by atoms with E-state index in [0.29, 0.717) is 31.9 Å². The fraction of sp³-hybridized carbons (Fsp3) is 0.312. The Bertz CT molecular complexity index is 743. The third kappa shape index (κ3) is 4.78. The molecule has 9 heteroatoms. The molecule has 0 saturated carbocycles. The van der Waals surface area contributed by atoms with Gasteiger partial charge in [-0.25, -0.2) is 0 Å². The van der Waals surface area contributed by atoms with Crippen molar-refractivity contribution in [2.45, 2.75) is 6.92 Å². The van der Waals surface area contributed by atoms with Crippen LogP contribution in [0, 0.1) is 21.4 Å². The topological polar surface area (TPSA) is 120 Å². The maximum absolute atomic E-state index is 12.2. The predicted octanol–water partition coefficient (Wildman–Crippen LogP) is 1.10. The molecular formula is C16H17N5O4. The number of hydrogen-bond acceptors (Lipinski definition) is 6. The lowest BCUT2D eigenvalue weighted by Gasteiger charge is -2.33. The van der Waals surface area contributed by atoms with Crippen LogP contribution in [0.1, 0.15) is 6.92 Å². The van der Waals surface area contributed by atoms with Gasteiger partial charge in [0.05, 0.1) is 4.92 Å². The Morgan fingerprint density at radius 2 is 1.84 bits per heavy atom. The van der Waals surface area contributed by atoms with E-state index in [4.69, 9.17) is 0 Å². The Morgan fingerprint density at radius 1 is 1.24 bits per heavy atom. The normalized spacial score (nSPS) is 14.6. The van der Waals surface area contributed by atoms with Crippen molar-refractivity contribution in [3.8, 4) is 6.07 Å². The molecule has 0 aromatic heterocycles. The molecule has 1 aliphatic rings. The van der Waals surface area contributed by atoms with E-state index in [1.807, 2.05) is 11.0 Å². The average molecular weight is 343 g/mol. The van der Waals surface area contributed by atoms with Crippen LogP contribution in [0.3, 0.4) is 0 Å². The Hall–Kier alpha value is -3.41. The summed E-state index contributed by atoms with van der Waals surface area (Å²) in [5.74, 6) is -0.592. The number of carbonyl (C=O) groups is 2. The van der Waals surface area contributed by atoms with Crippen molar-refractivity contribution in [2.24, 2.45) is 0 Å². The van der Waals surface area contributed by atoms with Crippen molar-refractivity contribution < 1.29 is 14.5 Å². The summed E-state index contributed by atoms with van der Waals surface area (Å²) in [6, 6.07) is 7.19. The third-order valence-corrected chi connectivity index (χ3v) is 3.77. The van der Waals surface area contributed by atoms with Gasteiger partial charge >= 0.3 is 0 Å². The fourth-order valence-corrected chi connectivity index (χ4v) is 2.35. The SMILES string of the molecule is CC(=O)N1CCN(/C=C(/C#N)C(=O)Nc2ccc([N+](=O)[O-])cc2)CC1. The number of rotatable bonds is 4. The van der Waals surface area contributed by atoms with Crippen LogP contribution in [0.5, 0.6) is 0 Å². The summed E-state index contributed by atoms with van der Waals surface area (Å²) in [6.07, 6.45) is 1.47. The molecule has 1 aromatic rings.